The van der Waals surface area contributed by atoms with Crippen LogP contribution in [0.1, 0.15) is 51.9 Å². The normalized spacial score (nSPS) is 36.0. The number of hydrogen-bond donors (Lipinski definition) is 2. The minimum atomic E-state index is 0.295. The molecule has 2 rings (SSSR count). The maximum atomic E-state index is 6.00. The van der Waals surface area contributed by atoms with Crippen molar-refractivity contribution in [3.8, 4) is 0 Å². The van der Waals surface area contributed by atoms with Gasteiger partial charge in [0.15, 0.2) is 0 Å². The first-order valence-corrected chi connectivity index (χ1v) is 6.76. The number of nitrogens with one attached hydrogen (secondary N) is 1. The van der Waals surface area contributed by atoms with E-state index in [1.165, 1.54) is 51.5 Å². The fourth-order valence-corrected chi connectivity index (χ4v) is 3.24. The first-order chi connectivity index (χ1) is 7.30. The highest BCUT2D eigenvalue weighted by atomic mass is 15.0. The van der Waals surface area contributed by atoms with E-state index in [-0.39, 0.29) is 0 Å². The van der Waals surface area contributed by atoms with Crippen molar-refractivity contribution < 1.29 is 0 Å². The summed E-state index contributed by atoms with van der Waals surface area (Å²) < 4.78 is 0. The lowest BCUT2D eigenvalue weighted by Gasteiger charge is -2.35. The van der Waals surface area contributed by atoms with Gasteiger partial charge in [-0.2, -0.15) is 0 Å². The Morgan fingerprint density at radius 2 is 2.13 bits per heavy atom. The largest absolute Gasteiger partial charge is 0.329 e. The summed E-state index contributed by atoms with van der Waals surface area (Å²) in [5.41, 5.74) is 6.30. The van der Waals surface area contributed by atoms with E-state index in [1.54, 1.807) is 0 Å². The lowest BCUT2D eigenvalue weighted by Crippen LogP contribution is -2.54. The van der Waals surface area contributed by atoms with Crippen LogP contribution >= 0.6 is 0 Å². The van der Waals surface area contributed by atoms with Crippen LogP contribution in [0.5, 0.6) is 0 Å². The summed E-state index contributed by atoms with van der Waals surface area (Å²) in [5.74, 6) is 1.86. The molecule has 0 spiro atoms. The topological polar surface area (TPSA) is 38.0 Å². The summed E-state index contributed by atoms with van der Waals surface area (Å²) in [6, 6.07) is 0. The standard InChI is InChI=1S/C13H26N2/c1-2-12-4-3-8-13(12,10-14)15-9-7-11-5-6-11/h11-12,15H,2-10,14H2,1H3. The Labute approximate surface area is 94.0 Å². The molecule has 0 aromatic heterocycles. The molecule has 0 aromatic rings. The molecule has 0 aliphatic heterocycles. The molecule has 2 aliphatic carbocycles. The van der Waals surface area contributed by atoms with E-state index < -0.39 is 0 Å². The van der Waals surface area contributed by atoms with Crippen molar-refractivity contribution in [1.29, 1.82) is 0 Å². The molecule has 15 heavy (non-hydrogen) atoms. The van der Waals surface area contributed by atoms with Crippen LogP contribution in [0.25, 0.3) is 0 Å². The number of nitrogens with two attached hydrogens (primary N) is 1. The average molecular weight is 210 g/mol. The molecule has 2 nitrogen and oxygen atoms in total. The van der Waals surface area contributed by atoms with Gasteiger partial charge in [-0.25, -0.2) is 0 Å². The molecule has 2 fully saturated rings. The molecular weight excluding hydrogens is 184 g/mol. The molecule has 0 radical (unpaired) electrons. The monoisotopic (exact) mass is 210 g/mol. The van der Waals surface area contributed by atoms with Crippen LogP contribution < -0.4 is 11.1 Å². The van der Waals surface area contributed by atoms with Gasteiger partial charge in [0.25, 0.3) is 0 Å². The molecule has 2 heteroatoms. The van der Waals surface area contributed by atoms with Crippen molar-refractivity contribution in [2.45, 2.75) is 57.4 Å². The molecular formula is C13H26N2. The Hall–Kier alpha value is -0.0800. The van der Waals surface area contributed by atoms with Crippen LogP contribution in [0.2, 0.25) is 0 Å². The molecule has 0 amide bonds. The van der Waals surface area contributed by atoms with E-state index >= 15 is 0 Å². The summed E-state index contributed by atoms with van der Waals surface area (Å²) in [6.07, 6.45) is 9.64. The summed E-state index contributed by atoms with van der Waals surface area (Å²) in [5, 5.41) is 3.79. The predicted octanol–water partition coefficient (Wildman–Crippen LogP) is 2.28. The fraction of sp³-hybridized carbons (Fsp3) is 1.00. The molecule has 0 heterocycles. The van der Waals surface area contributed by atoms with Gasteiger partial charge < -0.3 is 11.1 Å². The third-order valence-electron chi connectivity index (χ3n) is 4.54. The van der Waals surface area contributed by atoms with Crippen molar-refractivity contribution in [2.75, 3.05) is 13.1 Å². The smallest absolute Gasteiger partial charge is 0.0332 e. The van der Waals surface area contributed by atoms with Crippen LogP contribution in [0.15, 0.2) is 0 Å². The molecule has 0 saturated heterocycles. The first kappa shape index (κ1) is 11.4. The maximum Gasteiger partial charge on any atom is 0.0332 e. The second-order valence-corrected chi connectivity index (χ2v) is 5.52. The Bertz CT molecular complexity index is 201. The van der Waals surface area contributed by atoms with Crippen LogP contribution in [0.4, 0.5) is 0 Å². The van der Waals surface area contributed by atoms with Gasteiger partial charge in [0.2, 0.25) is 0 Å². The molecule has 0 bridgehead atoms. The SMILES string of the molecule is CCC1CCCC1(CN)NCCC1CC1. The molecule has 3 N–H and O–H groups in total. The van der Waals surface area contributed by atoms with Crippen molar-refractivity contribution in [3.05, 3.63) is 0 Å². The molecule has 0 aromatic carbocycles. The second kappa shape index (κ2) is 4.84. The number of hydrogen-bond acceptors (Lipinski definition) is 2. The van der Waals surface area contributed by atoms with Gasteiger partial charge in [-0.1, -0.05) is 32.6 Å². The summed E-state index contributed by atoms with van der Waals surface area (Å²) in [6.45, 7) is 4.33. The van der Waals surface area contributed by atoms with Gasteiger partial charge in [0.1, 0.15) is 0 Å². The zero-order chi connectivity index (χ0) is 10.7. The fourth-order valence-electron chi connectivity index (χ4n) is 3.24. The van der Waals surface area contributed by atoms with Crippen LogP contribution in [-0.4, -0.2) is 18.6 Å². The summed E-state index contributed by atoms with van der Waals surface area (Å²) in [4.78, 5) is 0. The van der Waals surface area contributed by atoms with Crippen molar-refractivity contribution in [1.82, 2.24) is 5.32 Å². The predicted molar refractivity (Wildman–Crippen MR) is 64.8 cm³/mol. The Morgan fingerprint density at radius 3 is 2.73 bits per heavy atom. The zero-order valence-electron chi connectivity index (χ0n) is 10.1. The van der Waals surface area contributed by atoms with E-state index in [4.69, 9.17) is 5.73 Å². The Morgan fingerprint density at radius 1 is 1.33 bits per heavy atom. The molecule has 88 valence electrons. The molecule has 2 unspecified atom stereocenters. The lowest BCUT2D eigenvalue weighted by molar-refractivity contribution is 0.243. The van der Waals surface area contributed by atoms with E-state index in [0.29, 0.717) is 5.54 Å². The lowest BCUT2D eigenvalue weighted by atomic mass is 9.85. The third kappa shape index (κ3) is 2.54. The van der Waals surface area contributed by atoms with Gasteiger partial charge in [-0.3, -0.25) is 0 Å². The third-order valence-corrected chi connectivity index (χ3v) is 4.54. The Balaban J connectivity index is 1.82. The molecule has 2 aliphatic rings. The van der Waals surface area contributed by atoms with Crippen LogP contribution in [0.3, 0.4) is 0 Å². The summed E-state index contributed by atoms with van der Waals surface area (Å²) >= 11 is 0. The highest BCUT2D eigenvalue weighted by Crippen LogP contribution is 2.38. The van der Waals surface area contributed by atoms with Gasteiger partial charge in [-0.05, 0) is 37.6 Å². The maximum absolute atomic E-state index is 6.00. The van der Waals surface area contributed by atoms with E-state index in [2.05, 4.69) is 12.2 Å². The summed E-state index contributed by atoms with van der Waals surface area (Å²) in [7, 11) is 0. The van der Waals surface area contributed by atoms with E-state index in [0.717, 1.165) is 18.4 Å². The molecule has 2 saturated carbocycles. The van der Waals surface area contributed by atoms with Crippen molar-refractivity contribution in [2.24, 2.45) is 17.6 Å². The van der Waals surface area contributed by atoms with Crippen LogP contribution in [-0.2, 0) is 0 Å². The highest BCUT2D eigenvalue weighted by molar-refractivity contribution is 4.99. The molecule has 2 atom stereocenters. The zero-order valence-corrected chi connectivity index (χ0v) is 10.1. The average Bonchev–Trinajstić information content (AvgIpc) is 2.98. The first-order valence-electron chi connectivity index (χ1n) is 6.76. The quantitative estimate of drug-likeness (QED) is 0.706. The number of rotatable bonds is 6. The minimum absolute atomic E-state index is 0.295. The highest BCUT2D eigenvalue weighted by Gasteiger charge is 2.40. The minimum Gasteiger partial charge on any atom is -0.329 e. The van der Waals surface area contributed by atoms with Crippen molar-refractivity contribution >= 4 is 0 Å². The second-order valence-electron chi connectivity index (χ2n) is 5.52. The van der Waals surface area contributed by atoms with Crippen molar-refractivity contribution in [3.63, 3.8) is 0 Å². The van der Waals surface area contributed by atoms with Gasteiger partial charge in [0.05, 0.1) is 0 Å². The van der Waals surface area contributed by atoms with Crippen LogP contribution in [0, 0.1) is 11.8 Å². The van der Waals surface area contributed by atoms with E-state index in [9.17, 15) is 0 Å². The Kier molecular flexibility index (Phi) is 3.68. The van der Waals surface area contributed by atoms with Gasteiger partial charge in [0, 0.05) is 12.1 Å². The van der Waals surface area contributed by atoms with Gasteiger partial charge >= 0.3 is 0 Å². The van der Waals surface area contributed by atoms with E-state index in [1.807, 2.05) is 0 Å². The van der Waals surface area contributed by atoms with Gasteiger partial charge in [-0.15, -0.1) is 0 Å².